The largest absolute Gasteiger partial charge is 0.285 e. The number of pyridine rings is 1. The molecular formula is C10H12BIN2. The lowest BCUT2D eigenvalue weighted by Crippen LogP contribution is -2.14. The topological polar surface area (TPSA) is 25.2 Å². The Balaban J connectivity index is 2.97. The van der Waals surface area contributed by atoms with Crippen molar-refractivity contribution in [1.82, 2.24) is 4.98 Å². The Hall–Kier alpha value is -0.385. The summed E-state index contributed by atoms with van der Waals surface area (Å²) in [5, 5.41) is 0. The van der Waals surface area contributed by atoms with Crippen molar-refractivity contribution < 1.29 is 0 Å². The monoisotopic (exact) mass is 298 g/mol. The average molecular weight is 298 g/mol. The van der Waals surface area contributed by atoms with Crippen LogP contribution in [0, 0.1) is 3.57 Å². The van der Waals surface area contributed by atoms with E-state index in [-0.39, 0.29) is 5.54 Å². The second-order valence-corrected chi connectivity index (χ2v) is 5.19. The first-order chi connectivity index (χ1) is 6.38. The molecule has 14 heavy (non-hydrogen) atoms. The van der Waals surface area contributed by atoms with Crippen LogP contribution in [0.5, 0.6) is 0 Å². The molecule has 4 heteroatoms. The minimum Gasteiger partial charge on any atom is -0.285 e. The van der Waals surface area contributed by atoms with Crippen LogP contribution in [0.4, 0.5) is 0 Å². The van der Waals surface area contributed by atoms with Gasteiger partial charge < -0.3 is 0 Å². The van der Waals surface area contributed by atoms with Crippen LogP contribution < -0.4 is 5.59 Å². The highest BCUT2D eigenvalue weighted by molar-refractivity contribution is 14.1. The van der Waals surface area contributed by atoms with Crippen LogP contribution in [0.25, 0.3) is 0 Å². The third kappa shape index (κ3) is 3.78. The summed E-state index contributed by atoms with van der Waals surface area (Å²) in [4.78, 5) is 8.58. The summed E-state index contributed by atoms with van der Waals surface area (Å²) in [6.07, 6.45) is 1.78. The van der Waals surface area contributed by atoms with Gasteiger partial charge in [0.25, 0.3) is 0 Å². The van der Waals surface area contributed by atoms with Crippen LogP contribution in [-0.4, -0.2) is 24.6 Å². The van der Waals surface area contributed by atoms with Crippen LogP contribution in [0.15, 0.2) is 17.1 Å². The first-order valence-corrected chi connectivity index (χ1v) is 5.43. The Kier molecular flexibility index (Phi) is 3.69. The van der Waals surface area contributed by atoms with Gasteiger partial charge in [-0.15, -0.1) is 0 Å². The molecule has 0 N–H and O–H groups in total. The molecule has 0 saturated carbocycles. The van der Waals surface area contributed by atoms with E-state index in [4.69, 9.17) is 7.85 Å². The summed E-state index contributed by atoms with van der Waals surface area (Å²) < 4.78 is 1.06. The van der Waals surface area contributed by atoms with Crippen molar-refractivity contribution in [2.45, 2.75) is 26.3 Å². The molecule has 1 rings (SSSR count). The summed E-state index contributed by atoms with van der Waals surface area (Å²) in [7, 11) is 5.59. The molecule has 0 saturated heterocycles. The van der Waals surface area contributed by atoms with Crippen LogP contribution in [-0.2, 0) is 0 Å². The van der Waals surface area contributed by atoms with Crippen LogP contribution >= 0.6 is 22.6 Å². The SMILES string of the molecule is [B]c1ccc(I)c(C=NC(C)(C)C)n1. The molecule has 0 atom stereocenters. The standard InChI is InChI=1S/C10H12BIN2/c1-10(2,3)13-6-8-7(12)4-5-9(11)14-8/h4-6H,1-3H3. The molecule has 0 unspecified atom stereocenters. The highest BCUT2D eigenvalue weighted by atomic mass is 127. The van der Waals surface area contributed by atoms with Crippen molar-refractivity contribution >= 4 is 42.2 Å². The average Bonchev–Trinajstić information content (AvgIpc) is 2.05. The maximum Gasteiger partial charge on any atom is 0.141 e. The van der Waals surface area contributed by atoms with E-state index in [0.717, 1.165) is 9.26 Å². The number of nitrogens with zero attached hydrogens (tertiary/aromatic N) is 2. The summed E-state index contributed by atoms with van der Waals surface area (Å²) >= 11 is 2.22. The van der Waals surface area contributed by atoms with Crippen LogP contribution in [0.1, 0.15) is 26.5 Å². The number of hydrogen-bond acceptors (Lipinski definition) is 2. The zero-order valence-electron chi connectivity index (χ0n) is 8.58. The molecule has 1 aromatic rings. The number of hydrogen-bond donors (Lipinski definition) is 0. The van der Waals surface area contributed by atoms with Crippen molar-refractivity contribution in [3.63, 3.8) is 0 Å². The van der Waals surface area contributed by atoms with Crippen molar-refractivity contribution in [3.8, 4) is 0 Å². The van der Waals surface area contributed by atoms with Gasteiger partial charge in [-0.25, -0.2) is 0 Å². The fourth-order valence-electron chi connectivity index (χ4n) is 0.819. The Morgan fingerprint density at radius 2 is 2.07 bits per heavy atom. The van der Waals surface area contributed by atoms with Crippen LogP contribution in [0.3, 0.4) is 0 Å². The molecular weight excluding hydrogens is 286 g/mol. The van der Waals surface area contributed by atoms with Gasteiger partial charge in [0.15, 0.2) is 0 Å². The van der Waals surface area contributed by atoms with Gasteiger partial charge in [-0.2, -0.15) is 0 Å². The van der Waals surface area contributed by atoms with Gasteiger partial charge in [-0.1, -0.05) is 6.07 Å². The molecule has 72 valence electrons. The molecule has 0 spiro atoms. The van der Waals surface area contributed by atoms with Crippen molar-refractivity contribution in [2.75, 3.05) is 0 Å². The summed E-state index contributed by atoms with van der Waals surface area (Å²) in [5.41, 5.74) is 1.29. The number of aromatic nitrogens is 1. The maximum atomic E-state index is 5.59. The van der Waals surface area contributed by atoms with E-state index in [1.807, 2.05) is 26.8 Å². The van der Waals surface area contributed by atoms with Gasteiger partial charge in [0.05, 0.1) is 11.2 Å². The van der Waals surface area contributed by atoms with Gasteiger partial charge in [0.1, 0.15) is 7.85 Å². The number of halogens is 1. The van der Waals surface area contributed by atoms with Crippen molar-refractivity contribution in [1.29, 1.82) is 0 Å². The summed E-state index contributed by atoms with van der Waals surface area (Å²) in [6.45, 7) is 6.13. The van der Waals surface area contributed by atoms with E-state index in [9.17, 15) is 0 Å². The fourth-order valence-corrected chi connectivity index (χ4v) is 1.26. The third-order valence-electron chi connectivity index (χ3n) is 1.47. The molecule has 1 aromatic heterocycles. The second-order valence-electron chi connectivity index (χ2n) is 4.03. The van der Waals surface area contributed by atoms with Gasteiger partial charge in [0, 0.05) is 9.78 Å². The number of aliphatic imine (C=N–C) groups is 1. The molecule has 0 aliphatic carbocycles. The minimum absolute atomic E-state index is 0.0740. The molecule has 2 nitrogen and oxygen atoms in total. The van der Waals surface area contributed by atoms with E-state index < -0.39 is 0 Å². The molecule has 0 aliphatic rings. The highest BCUT2D eigenvalue weighted by Crippen LogP contribution is 2.09. The van der Waals surface area contributed by atoms with E-state index in [0.29, 0.717) is 5.59 Å². The Labute approximate surface area is 99.8 Å². The normalized spacial score (nSPS) is 12.3. The quantitative estimate of drug-likeness (QED) is 0.440. The Bertz CT molecular complexity index is 356. The summed E-state index contributed by atoms with van der Waals surface area (Å²) in [5.74, 6) is 0. The predicted molar refractivity (Wildman–Crippen MR) is 69.7 cm³/mol. The van der Waals surface area contributed by atoms with E-state index in [1.54, 1.807) is 12.3 Å². The third-order valence-corrected chi connectivity index (χ3v) is 2.38. The Morgan fingerprint density at radius 1 is 1.43 bits per heavy atom. The van der Waals surface area contributed by atoms with Gasteiger partial charge in [-0.3, -0.25) is 9.98 Å². The highest BCUT2D eigenvalue weighted by Gasteiger charge is 2.06. The van der Waals surface area contributed by atoms with Crippen molar-refractivity contribution in [2.24, 2.45) is 4.99 Å². The zero-order chi connectivity index (χ0) is 10.8. The molecule has 1 heterocycles. The van der Waals surface area contributed by atoms with E-state index in [2.05, 4.69) is 32.6 Å². The summed E-state index contributed by atoms with van der Waals surface area (Å²) in [6, 6.07) is 3.73. The van der Waals surface area contributed by atoms with E-state index in [1.165, 1.54) is 0 Å². The van der Waals surface area contributed by atoms with Gasteiger partial charge in [0.2, 0.25) is 0 Å². The lowest BCUT2D eigenvalue weighted by atomic mass is 10.0. The molecule has 0 amide bonds. The molecule has 0 fully saturated rings. The fraction of sp³-hybridized carbons (Fsp3) is 0.400. The smallest absolute Gasteiger partial charge is 0.141 e. The van der Waals surface area contributed by atoms with Gasteiger partial charge in [-0.05, 0) is 55.0 Å². The van der Waals surface area contributed by atoms with E-state index >= 15 is 0 Å². The Morgan fingerprint density at radius 3 is 2.64 bits per heavy atom. The molecule has 0 aliphatic heterocycles. The predicted octanol–water partition coefficient (Wildman–Crippen LogP) is 1.70. The maximum absolute atomic E-state index is 5.59. The van der Waals surface area contributed by atoms with Crippen LogP contribution in [0.2, 0.25) is 0 Å². The first kappa shape index (κ1) is 11.7. The number of rotatable bonds is 1. The lowest BCUT2D eigenvalue weighted by molar-refractivity contribution is 0.586. The molecule has 0 bridgehead atoms. The first-order valence-electron chi connectivity index (χ1n) is 4.36. The lowest BCUT2D eigenvalue weighted by Gasteiger charge is -2.11. The second kappa shape index (κ2) is 4.42. The minimum atomic E-state index is -0.0740. The molecule has 0 aromatic carbocycles. The zero-order valence-corrected chi connectivity index (χ0v) is 10.7. The van der Waals surface area contributed by atoms with Gasteiger partial charge >= 0.3 is 0 Å². The van der Waals surface area contributed by atoms with Crippen molar-refractivity contribution in [3.05, 3.63) is 21.4 Å². The molecule has 2 radical (unpaired) electrons.